The lowest BCUT2D eigenvalue weighted by Crippen LogP contribution is -2.55. The van der Waals surface area contributed by atoms with Gasteiger partial charge in [0, 0.05) is 37.2 Å². The molecule has 0 spiro atoms. The lowest BCUT2D eigenvalue weighted by Gasteiger charge is -2.40. The third-order valence-corrected chi connectivity index (χ3v) is 7.23. The Balaban J connectivity index is 1.81. The van der Waals surface area contributed by atoms with Gasteiger partial charge in [0.25, 0.3) is 12.7 Å². The Bertz CT molecular complexity index is 1260. The van der Waals surface area contributed by atoms with Gasteiger partial charge in [-0.2, -0.15) is 0 Å². The number of ether oxygens (including phenoxy) is 4. The van der Waals surface area contributed by atoms with Crippen molar-refractivity contribution in [1.29, 1.82) is 0 Å². The van der Waals surface area contributed by atoms with Gasteiger partial charge < -0.3 is 23.8 Å². The maximum Gasteiger partial charge on any atom is 0.416 e. The second-order valence-corrected chi connectivity index (χ2v) is 9.69. The first-order chi connectivity index (χ1) is 19.0. The van der Waals surface area contributed by atoms with Gasteiger partial charge in [-0.25, -0.2) is 14.1 Å². The summed E-state index contributed by atoms with van der Waals surface area (Å²) in [7, 11) is 3.03. The van der Waals surface area contributed by atoms with Gasteiger partial charge in [0.1, 0.15) is 6.61 Å². The van der Waals surface area contributed by atoms with Crippen molar-refractivity contribution in [2.24, 2.45) is 0 Å². The number of benzene rings is 2. The fourth-order valence-electron chi connectivity index (χ4n) is 4.81. The number of carbonyl (C=O) groups is 2. The quantitative estimate of drug-likeness (QED) is 0.158. The number of anilines is 1. The van der Waals surface area contributed by atoms with E-state index in [2.05, 4.69) is 29.3 Å². The van der Waals surface area contributed by atoms with Crippen molar-refractivity contribution in [2.45, 2.75) is 25.1 Å². The van der Waals surface area contributed by atoms with Crippen molar-refractivity contribution in [3.63, 3.8) is 0 Å². The van der Waals surface area contributed by atoms with Gasteiger partial charge in [-0.1, -0.05) is 34.7 Å². The lowest BCUT2D eigenvalue weighted by atomic mass is 9.92. The SMILES string of the molecule is C=CCOC(=O)N1c2cc(OCCCBr)c(OC)cc2C(=O)N2CC=C(c3ccc([O+]=C)cc3)C[C@H]2C1OC. The van der Waals surface area contributed by atoms with Crippen LogP contribution in [0.2, 0.25) is 0 Å². The number of hydrogen-bond donors (Lipinski definition) is 0. The van der Waals surface area contributed by atoms with Crippen LogP contribution in [-0.2, 0) is 13.9 Å². The molecule has 0 aliphatic carbocycles. The monoisotopic (exact) mass is 599 g/mol. The summed E-state index contributed by atoms with van der Waals surface area (Å²) in [5.41, 5.74) is 2.60. The van der Waals surface area contributed by atoms with Crippen LogP contribution in [0.5, 0.6) is 17.2 Å². The van der Waals surface area contributed by atoms with Gasteiger partial charge in [0.15, 0.2) is 17.7 Å². The van der Waals surface area contributed by atoms with Crippen molar-refractivity contribution < 1.29 is 33.0 Å². The average molecular weight is 600 g/mol. The smallest absolute Gasteiger partial charge is 0.416 e. The first-order valence-electron chi connectivity index (χ1n) is 12.5. The van der Waals surface area contributed by atoms with Crippen LogP contribution >= 0.6 is 15.9 Å². The van der Waals surface area contributed by atoms with Crippen molar-refractivity contribution in [3.05, 3.63) is 66.3 Å². The molecule has 2 amide bonds. The summed E-state index contributed by atoms with van der Waals surface area (Å²) in [6, 6.07) is 10.3. The van der Waals surface area contributed by atoms with Crippen molar-refractivity contribution in [3.8, 4) is 17.2 Å². The van der Waals surface area contributed by atoms with Crippen LogP contribution in [0.1, 0.15) is 28.8 Å². The number of carbonyl (C=O) groups excluding carboxylic acids is 3. The summed E-state index contributed by atoms with van der Waals surface area (Å²) in [6.45, 7) is 7.83. The summed E-state index contributed by atoms with van der Waals surface area (Å²) in [4.78, 5) is 30.6. The van der Waals surface area contributed by atoms with Crippen LogP contribution < -0.4 is 14.4 Å². The Labute approximate surface area is 236 Å². The Kier molecular flexibility index (Phi) is 9.42. The van der Waals surface area contributed by atoms with E-state index in [1.54, 1.807) is 17.0 Å². The molecule has 2 aliphatic rings. The predicted octanol–water partition coefficient (Wildman–Crippen LogP) is 5.35. The molecule has 0 bridgehead atoms. The molecule has 0 saturated carbocycles. The van der Waals surface area contributed by atoms with Crippen LogP contribution in [0.25, 0.3) is 5.57 Å². The standard InChI is InChI=1S/C29H32BrN2O7/c1-5-14-39-29(34)32-23-18-26(38-15-6-12-30)25(36-3)17-22(23)27(33)31-13-11-20(16-24(31)28(32)37-4)19-7-9-21(35-2)10-8-19/h5,7-11,17-18,24,28H,1-2,6,12-16H2,3-4H3/q+1/t24-,28?/m0/s1. The Morgan fingerprint density at radius 2 is 1.97 bits per heavy atom. The summed E-state index contributed by atoms with van der Waals surface area (Å²) in [6.07, 6.45) is 3.20. The number of halogens is 1. The molecule has 0 aromatic heterocycles. The summed E-state index contributed by atoms with van der Waals surface area (Å²) in [5, 5.41) is 0.765. The van der Waals surface area contributed by atoms with Crippen LogP contribution in [0, 0.1) is 0 Å². The van der Waals surface area contributed by atoms with Gasteiger partial charge in [-0.05, 0) is 42.2 Å². The van der Waals surface area contributed by atoms with Crippen LogP contribution in [-0.4, -0.2) is 75.3 Å². The third-order valence-electron chi connectivity index (χ3n) is 6.67. The number of alkyl halides is 1. The van der Waals surface area contributed by atoms with Gasteiger partial charge in [-0.15, -0.1) is 0 Å². The molecule has 206 valence electrons. The Morgan fingerprint density at radius 3 is 2.62 bits per heavy atom. The summed E-state index contributed by atoms with van der Waals surface area (Å²) >= 11 is 3.40. The van der Waals surface area contributed by atoms with E-state index in [0.29, 0.717) is 42.5 Å². The topological polar surface area (TPSA) is 88.8 Å². The number of rotatable bonds is 10. The van der Waals surface area contributed by atoms with Crippen LogP contribution in [0.15, 0.2) is 55.1 Å². The lowest BCUT2D eigenvalue weighted by molar-refractivity contribution is -0.354. The first-order valence-corrected chi connectivity index (χ1v) is 13.6. The highest BCUT2D eigenvalue weighted by atomic mass is 79.9. The molecular formula is C29H32BrN2O7+. The molecule has 2 atom stereocenters. The first kappa shape index (κ1) is 28.4. The van der Waals surface area contributed by atoms with E-state index in [1.165, 1.54) is 25.2 Å². The number of nitrogens with zero attached hydrogens (tertiary/aromatic N) is 2. The molecule has 0 N–H and O–H groups in total. The minimum absolute atomic E-state index is 0.0000480. The molecule has 0 fully saturated rings. The predicted molar refractivity (Wildman–Crippen MR) is 152 cm³/mol. The molecule has 10 heteroatoms. The number of hydrogen-bond acceptors (Lipinski definition) is 6. The second kappa shape index (κ2) is 12.9. The highest BCUT2D eigenvalue weighted by Gasteiger charge is 2.45. The molecule has 9 nitrogen and oxygen atoms in total. The second-order valence-electron chi connectivity index (χ2n) is 8.90. The average Bonchev–Trinajstić information content (AvgIpc) is 3.07. The maximum atomic E-state index is 14.0. The van der Waals surface area contributed by atoms with Crippen molar-refractivity contribution in [2.75, 3.05) is 44.2 Å². The van der Waals surface area contributed by atoms with Gasteiger partial charge in [-0.3, -0.25) is 4.79 Å². The van der Waals surface area contributed by atoms with Crippen LogP contribution in [0.4, 0.5) is 10.5 Å². The molecule has 1 unspecified atom stereocenters. The molecule has 39 heavy (non-hydrogen) atoms. The maximum absolute atomic E-state index is 14.0. The van der Waals surface area contributed by atoms with Crippen molar-refractivity contribution in [1.82, 2.24) is 4.90 Å². The van der Waals surface area contributed by atoms with Gasteiger partial charge in [0.2, 0.25) is 0 Å². The molecule has 2 heterocycles. The van der Waals surface area contributed by atoms with Gasteiger partial charge >= 0.3 is 11.8 Å². The van der Waals surface area contributed by atoms with Gasteiger partial charge in [0.05, 0.1) is 31.0 Å². The zero-order valence-electron chi connectivity index (χ0n) is 22.1. The Morgan fingerprint density at radius 1 is 1.21 bits per heavy atom. The van der Waals surface area contributed by atoms with E-state index in [0.717, 1.165) is 22.9 Å². The molecular weight excluding hydrogens is 568 g/mol. The van der Waals surface area contributed by atoms with E-state index in [1.807, 2.05) is 30.3 Å². The molecule has 0 radical (unpaired) electrons. The molecule has 0 saturated heterocycles. The van der Waals surface area contributed by atoms with Crippen LogP contribution in [0.3, 0.4) is 0 Å². The zero-order valence-corrected chi connectivity index (χ0v) is 23.6. The highest BCUT2D eigenvalue weighted by Crippen LogP contribution is 2.42. The minimum atomic E-state index is -0.845. The highest BCUT2D eigenvalue weighted by molar-refractivity contribution is 9.09. The number of methoxy groups -OCH3 is 2. The summed E-state index contributed by atoms with van der Waals surface area (Å²) < 4.78 is 28.0. The molecule has 2 aromatic carbocycles. The number of amides is 2. The fourth-order valence-corrected chi connectivity index (χ4v) is 5.04. The number of fused-ring (bicyclic) bond motifs is 2. The van der Waals surface area contributed by atoms with E-state index < -0.39 is 18.4 Å². The van der Waals surface area contributed by atoms with Crippen molar-refractivity contribution >= 4 is 46.0 Å². The third kappa shape index (κ3) is 5.86. The van der Waals surface area contributed by atoms with E-state index >= 15 is 0 Å². The fraction of sp³-hybridized carbons (Fsp3) is 0.345. The summed E-state index contributed by atoms with van der Waals surface area (Å²) in [5.74, 6) is 1.20. The Hall–Kier alpha value is -3.63. The minimum Gasteiger partial charge on any atom is -0.493 e. The zero-order chi connectivity index (χ0) is 27.9. The van der Waals surface area contributed by atoms with E-state index in [9.17, 15) is 9.59 Å². The molecule has 2 aliphatic heterocycles. The van der Waals surface area contributed by atoms with E-state index in [-0.39, 0.29) is 18.1 Å². The normalized spacial score (nSPS) is 18.3. The van der Waals surface area contributed by atoms with E-state index in [4.69, 9.17) is 23.4 Å². The molecule has 4 rings (SSSR count). The molecule has 2 aromatic rings. The largest absolute Gasteiger partial charge is 0.493 e.